The number of benzene rings is 2. The number of hydrogen-bond acceptors (Lipinski definition) is 9. The molecule has 3 aliphatic rings. The molecule has 1 spiro atoms. The van der Waals surface area contributed by atoms with Crippen LogP contribution in [0.4, 0.5) is 4.39 Å². The van der Waals surface area contributed by atoms with E-state index in [0.29, 0.717) is 50.0 Å². The summed E-state index contributed by atoms with van der Waals surface area (Å²) in [5.74, 6) is -0.246. The van der Waals surface area contributed by atoms with Gasteiger partial charge in [-0.15, -0.1) is 0 Å². The highest BCUT2D eigenvalue weighted by Gasteiger charge is 2.45. The lowest BCUT2D eigenvalue weighted by Crippen LogP contribution is -2.47. The minimum atomic E-state index is -4.10. The molecule has 1 saturated carbocycles. The number of rotatable bonds is 10. The number of hydrogen-bond donors (Lipinski definition) is 3. The summed E-state index contributed by atoms with van der Waals surface area (Å²) in [5.41, 5.74) is -0.906. The van der Waals surface area contributed by atoms with E-state index in [0.717, 1.165) is 12.3 Å². The van der Waals surface area contributed by atoms with Gasteiger partial charge in [0, 0.05) is 42.8 Å². The van der Waals surface area contributed by atoms with E-state index in [4.69, 9.17) is 9.47 Å². The fraction of sp³-hybridized carbons (Fsp3) is 0.483. The number of fused-ring (bicyclic) bond motifs is 1. The fourth-order valence-corrected chi connectivity index (χ4v) is 9.01. The third-order valence-corrected chi connectivity index (χ3v) is 12.6. The molecule has 3 aromatic rings. The quantitative estimate of drug-likeness (QED) is 0.303. The van der Waals surface area contributed by atoms with Crippen LogP contribution in [0, 0.1) is 5.82 Å². The van der Waals surface area contributed by atoms with E-state index >= 15 is 0 Å². The summed E-state index contributed by atoms with van der Waals surface area (Å²) in [6.07, 6.45) is 3.18. The van der Waals surface area contributed by atoms with Gasteiger partial charge >= 0.3 is 0 Å². The van der Waals surface area contributed by atoms with Gasteiger partial charge in [0.25, 0.3) is 0 Å². The van der Waals surface area contributed by atoms with Gasteiger partial charge in [-0.1, -0.05) is 6.07 Å². The Morgan fingerprint density at radius 2 is 1.91 bits per heavy atom. The zero-order valence-corrected chi connectivity index (χ0v) is 25.0. The van der Waals surface area contributed by atoms with E-state index < -0.39 is 47.7 Å². The Labute approximate surface area is 249 Å². The lowest BCUT2D eigenvalue weighted by atomic mass is 9.88. The first-order valence-corrected chi connectivity index (χ1v) is 17.3. The standard InChI is InChI=1S/C29H34FN3O8S2/c30-19-4-7-26-25(12-19)28(35)27(16-32-26)43(38,39)33-10-8-29(9-11-33)14-20(17-41-29)31-15-21(34)18-40-22-2-1-3-24(13-22)42(36,37)23-5-6-23/h1-4,7,12-13,16,20-21,23,31,34H,5-6,8-11,14-15,17-18H2,(H,32,35)/t20-,21?/m1/s1. The molecular weight excluding hydrogens is 601 g/mol. The maximum atomic E-state index is 13.7. The van der Waals surface area contributed by atoms with Crippen molar-refractivity contribution in [2.75, 3.05) is 32.8 Å². The normalized spacial score (nSPS) is 21.8. The van der Waals surface area contributed by atoms with Gasteiger partial charge in [0.1, 0.15) is 29.2 Å². The average Bonchev–Trinajstić information content (AvgIpc) is 3.79. The van der Waals surface area contributed by atoms with Crippen molar-refractivity contribution in [3.63, 3.8) is 0 Å². The molecule has 3 fully saturated rings. The fourth-order valence-electron chi connectivity index (χ4n) is 5.83. The smallest absolute Gasteiger partial charge is 0.248 e. The minimum absolute atomic E-state index is 0.0218. The molecule has 43 heavy (non-hydrogen) atoms. The van der Waals surface area contributed by atoms with Crippen LogP contribution in [0.3, 0.4) is 0 Å². The summed E-state index contributed by atoms with van der Waals surface area (Å²) in [7, 11) is -7.44. The van der Waals surface area contributed by atoms with Crippen LogP contribution in [0.25, 0.3) is 10.9 Å². The van der Waals surface area contributed by atoms with E-state index in [9.17, 15) is 31.1 Å². The molecule has 1 unspecified atom stereocenters. The van der Waals surface area contributed by atoms with Crippen molar-refractivity contribution in [1.82, 2.24) is 14.6 Å². The van der Waals surface area contributed by atoms with Gasteiger partial charge in [-0.05, 0) is 68.5 Å². The van der Waals surface area contributed by atoms with Gasteiger partial charge in [0.05, 0.1) is 22.4 Å². The highest BCUT2D eigenvalue weighted by molar-refractivity contribution is 7.92. The number of aliphatic hydroxyl groups excluding tert-OH is 1. The molecule has 6 rings (SSSR count). The van der Waals surface area contributed by atoms with Crippen molar-refractivity contribution in [2.24, 2.45) is 0 Å². The Bertz CT molecular complexity index is 1780. The van der Waals surface area contributed by atoms with Crippen LogP contribution in [0.5, 0.6) is 5.75 Å². The van der Waals surface area contributed by atoms with Gasteiger partial charge in [0.15, 0.2) is 9.84 Å². The van der Waals surface area contributed by atoms with Crippen molar-refractivity contribution in [3.8, 4) is 5.75 Å². The second kappa shape index (κ2) is 11.6. The van der Waals surface area contributed by atoms with Crippen LogP contribution in [0.2, 0.25) is 0 Å². The van der Waals surface area contributed by atoms with Crippen LogP contribution >= 0.6 is 0 Å². The lowest BCUT2D eigenvalue weighted by molar-refractivity contribution is -0.0312. The number of nitrogens with zero attached hydrogens (tertiary/aromatic N) is 1. The van der Waals surface area contributed by atoms with Crippen molar-refractivity contribution >= 4 is 30.8 Å². The van der Waals surface area contributed by atoms with E-state index in [1.165, 1.54) is 22.5 Å². The monoisotopic (exact) mass is 635 g/mol. The van der Waals surface area contributed by atoms with Gasteiger partial charge < -0.3 is 24.9 Å². The number of ether oxygens (including phenoxy) is 2. The molecule has 0 radical (unpaired) electrons. The number of H-pyrrole nitrogens is 1. The Balaban J connectivity index is 0.993. The van der Waals surface area contributed by atoms with Crippen LogP contribution < -0.4 is 15.5 Å². The number of nitrogens with one attached hydrogen (secondary N) is 2. The number of aromatic nitrogens is 1. The third-order valence-electron chi connectivity index (χ3n) is 8.45. The van der Waals surface area contributed by atoms with Crippen molar-refractivity contribution in [1.29, 1.82) is 0 Å². The van der Waals surface area contributed by atoms with Crippen LogP contribution in [0.15, 0.2) is 63.2 Å². The minimum Gasteiger partial charge on any atom is -0.491 e. The van der Waals surface area contributed by atoms with Crippen LogP contribution in [0.1, 0.15) is 32.1 Å². The summed E-state index contributed by atoms with van der Waals surface area (Å²) < 4.78 is 78.4. The number of piperidine rings is 1. The number of halogens is 1. The SMILES string of the molecule is O=c1c(S(=O)(=O)N2CCC3(CC2)C[C@@H](NCC(O)COc2cccc(S(=O)(=O)C4CC4)c2)CO3)c[nH]c2ccc(F)cc12. The van der Waals surface area contributed by atoms with Gasteiger partial charge in [-0.3, -0.25) is 4.79 Å². The van der Waals surface area contributed by atoms with E-state index in [1.807, 2.05) is 0 Å². The molecule has 2 saturated heterocycles. The molecule has 0 amide bonds. The Hall–Kier alpha value is -2.88. The molecule has 2 atom stereocenters. The first-order chi connectivity index (χ1) is 20.5. The largest absolute Gasteiger partial charge is 0.491 e. The first kappa shape index (κ1) is 30.2. The Morgan fingerprint density at radius 3 is 2.65 bits per heavy atom. The molecule has 3 N–H and O–H groups in total. The van der Waals surface area contributed by atoms with Crippen molar-refractivity contribution in [2.45, 2.75) is 64.9 Å². The predicted octanol–water partition coefficient (Wildman–Crippen LogP) is 1.95. The predicted molar refractivity (Wildman–Crippen MR) is 156 cm³/mol. The summed E-state index contributed by atoms with van der Waals surface area (Å²) in [5, 5.41) is 13.4. The molecule has 1 aliphatic carbocycles. The zero-order chi connectivity index (χ0) is 30.4. The van der Waals surface area contributed by atoms with Crippen molar-refractivity contribution < 1.29 is 35.8 Å². The second-order valence-corrected chi connectivity index (χ2v) is 15.7. The highest BCUT2D eigenvalue weighted by atomic mass is 32.2. The van der Waals surface area contributed by atoms with Gasteiger partial charge in [0.2, 0.25) is 15.5 Å². The van der Waals surface area contributed by atoms with Gasteiger partial charge in [-0.25, -0.2) is 21.2 Å². The number of aromatic amines is 1. The summed E-state index contributed by atoms with van der Waals surface area (Å²) >= 11 is 0. The summed E-state index contributed by atoms with van der Waals surface area (Å²) in [6, 6.07) is 9.89. The van der Waals surface area contributed by atoms with E-state index in [-0.39, 0.29) is 47.8 Å². The highest BCUT2D eigenvalue weighted by Crippen LogP contribution is 2.37. The van der Waals surface area contributed by atoms with E-state index in [2.05, 4.69) is 10.3 Å². The number of sulfone groups is 1. The second-order valence-electron chi connectivity index (χ2n) is 11.6. The average molecular weight is 636 g/mol. The Morgan fingerprint density at radius 1 is 1.14 bits per heavy atom. The molecule has 2 aromatic carbocycles. The molecule has 2 aliphatic heterocycles. The maximum Gasteiger partial charge on any atom is 0.248 e. The molecule has 232 valence electrons. The molecule has 3 heterocycles. The van der Waals surface area contributed by atoms with Crippen LogP contribution in [-0.2, 0) is 24.6 Å². The third kappa shape index (κ3) is 6.22. The Kier molecular flexibility index (Phi) is 8.11. The molecular formula is C29H34FN3O8S2. The molecule has 11 nitrogen and oxygen atoms in total. The summed E-state index contributed by atoms with van der Waals surface area (Å²) in [6.45, 7) is 0.947. The first-order valence-electron chi connectivity index (χ1n) is 14.3. The van der Waals surface area contributed by atoms with E-state index in [1.54, 1.807) is 18.2 Å². The topological polar surface area (TPSA) is 155 Å². The molecule has 0 bridgehead atoms. The number of aliphatic hydroxyl groups is 1. The maximum absolute atomic E-state index is 13.7. The number of pyridine rings is 1. The van der Waals surface area contributed by atoms with Crippen molar-refractivity contribution in [3.05, 3.63) is 64.7 Å². The van der Waals surface area contributed by atoms with Crippen LogP contribution in [-0.4, -0.2) is 87.1 Å². The number of sulfonamides is 1. The lowest BCUT2D eigenvalue weighted by Gasteiger charge is -2.37. The zero-order valence-electron chi connectivity index (χ0n) is 23.4. The van der Waals surface area contributed by atoms with Gasteiger partial charge in [-0.2, -0.15) is 4.31 Å². The molecule has 1 aromatic heterocycles. The molecule has 14 heteroatoms. The summed E-state index contributed by atoms with van der Waals surface area (Å²) in [4.78, 5) is 15.5.